The van der Waals surface area contributed by atoms with Gasteiger partial charge in [0.15, 0.2) is 5.16 Å². The van der Waals surface area contributed by atoms with Gasteiger partial charge in [0, 0.05) is 18.3 Å². The first kappa shape index (κ1) is 25.1. The van der Waals surface area contributed by atoms with Crippen LogP contribution in [-0.2, 0) is 28.7 Å². The second kappa shape index (κ2) is 10.6. The molecule has 0 radical (unpaired) electrons. The summed E-state index contributed by atoms with van der Waals surface area (Å²) in [5.41, 5.74) is -1.07. The van der Waals surface area contributed by atoms with Crippen LogP contribution >= 0.6 is 11.8 Å². The van der Waals surface area contributed by atoms with Crippen LogP contribution < -0.4 is 10.6 Å². The molecule has 0 aliphatic rings. The zero-order valence-electron chi connectivity index (χ0n) is 17.6. The molecule has 1 heterocycles. The molecule has 0 atom stereocenters. The van der Waals surface area contributed by atoms with Crippen LogP contribution in [0.5, 0.6) is 0 Å². The van der Waals surface area contributed by atoms with Gasteiger partial charge in [0.25, 0.3) is 0 Å². The fourth-order valence-electron chi connectivity index (χ4n) is 2.90. The van der Waals surface area contributed by atoms with E-state index in [4.69, 9.17) is 0 Å². The van der Waals surface area contributed by atoms with Crippen molar-refractivity contribution in [2.75, 3.05) is 16.4 Å². The molecule has 13 heteroatoms. The van der Waals surface area contributed by atoms with Crippen LogP contribution in [0, 0.1) is 11.6 Å². The lowest BCUT2D eigenvalue weighted by Crippen LogP contribution is -2.18. The van der Waals surface area contributed by atoms with Gasteiger partial charge in [0.2, 0.25) is 11.8 Å². The van der Waals surface area contributed by atoms with Crippen LogP contribution in [0.3, 0.4) is 0 Å². The van der Waals surface area contributed by atoms with Gasteiger partial charge in [0.1, 0.15) is 17.5 Å². The van der Waals surface area contributed by atoms with Crippen LogP contribution in [0.25, 0.3) is 0 Å². The Balaban J connectivity index is 1.60. The van der Waals surface area contributed by atoms with Crippen LogP contribution in [0.15, 0.2) is 47.6 Å². The maximum Gasteiger partial charge on any atom is 0.416 e. The van der Waals surface area contributed by atoms with Gasteiger partial charge in [-0.15, -0.1) is 10.2 Å². The van der Waals surface area contributed by atoms with Crippen LogP contribution in [-0.4, -0.2) is 32.3 Å². The van der Waals surface area contributed by atoms with E-state index in [2.05, 4.69) is 20.8 Å². The zero-order chi connectivity index (χ0) is 24.9. The number of thioether (sulfide) groups is 1. The number of amides is 2. The molecule has 3 rings (SSSR count). The Bertz CT molecular complexity index is 1200. The topological polar surface area (TPSA) is 88.9 Å². The molecule has 0 fully saturated rings. The average Bonchev–Trinajstić information content (AvgIpc) is 3.15. The summed E-state index contributed by atoms with van der Waals surface area (Å²) in [4.78, 5) is 24.5. The summed E-state index contributed by atoms with van der Waals surface area (Å²) in [5.74, 6) is -2.76. The molecule has 0 aliphatic heterocycles. The highest BCUT2D eigenvalue weighted by atomic mass is 32.2. The first-order chi connectivity index (χ1) is 16.1. The Kier molecular flexibility index (Phi) is 7.87. The third-order valence-electron chi connectivity index (χ3n) is 4.44. The van der Waals surface area contributed by atoms with Crippen LogP contribution in [0.2, 0.25) is 0 Å². The van der Waals surface area contributed by atoms with Crippen LogP contribution in [0.1, 0.15) is 18.3 Å². The van der Waals surface area contributed by atoms with Crippen molar-refractivity contribution in [1.82, 2.24) is 14.8 Å². The fraction of sp³-hybridized carbons (Fsp3) is 0.238. The van der Waals surface area contributed by atoms with Crippen molar-refractivity contribution in [3.63, 3.8) is 0 Å². The van der Waals surface area contributed by atoms with Crippen molar-refractivity contribution in [2.24, 2.45) is 0 Å². The van der Waals surface area contributed by atoms with E-state index in [0.29, 0.717) is 17.8 Å². The number of carbonyl (C=O) groups is 2. The van der Waals surface area contributed by atoms with E-state index < -0.39 is 35.2 Å². The number of hydrogen-bond acceptors (Lipinski definition) is 5. The third-order valence-corrected chi connectivity index (χ3v) is 5.41. The molecule has 0 saturated heterocycles. The molecule has 0 bridgehead atoms. The number of nitrogens with zero attached hydrogens (tertiary/aromatic N) is 3. The molecule has 3 aromatic rings. The summed E-state index contributed by atoms with van der Waals surface area (Å²) >= 11 is 0.989. The van der Waals surface area contributed by atoms with Crippen LogP contribution in [0.4, 0.5) is 33.3 Å². The maximum atomic E-state index is 13.7. The second-order valence-electron chi connectivity index (χ2n) is 6.91. The predicted molar refractivity (Wildman–Crippen MR) is 115 cm³/mol. The number of anilines is 2. The molecule has 7 nitrogen and oxygen atoms in total. The van der Waals surface area contributed by atoms with Crippen molar-refractivity contribution in [3.8, 4) is 0 Å². The highest BCUT2D eigenvalue weighted by Crippen LogP contribution is 2.30. The summed E-state index contributed by atoms with van der Waals surface area (Å²) in [6.07, 6.45) is -4.80. The van der Waals surface area contributed by atoms with Crippen molar-refractivity contribution in [3.05, 3.63) is 65.5 Å². The number of halogens is 5. The summed E-state index contributed by atoms with van der Waals surface area (Å²) in [5, 5.41) is 12.9. The molecular weight excluding hydrogens is 481 g/mol. The average molecular weight is 499 g/mol. The normalized spacial score (nSPS) is 11.4. The highest BCUT2D eigenvalue weighted by Gasteiger charge is 2.30. The second-order valence-corrected chi connectivity index (χ2v) is 7.85. The summed E-state index contributed by atoms with van der Waals surface area (Å²) < 4.78 is 66.7. The van der Waals surface area contributed by atoms with Gasteiger partial charge in [-0.3, -0.25) is 9.59 Å². The third kappa shape index (κ3) is 6.53. The van der Waals surface area contributed by atoms with E-state index in [1.54, 1.807) is 11.5 Å². The first-order valence-electron chi connectivity index (χ1n) is 9.83. The zero-order valence-corrected chi connectivity index (χ0v) is 18.4. The Morgan fingerprint density at radius 2 is 1.79 bits per heavy atom. The maximum absolute atomic E-state index is 13.7. The van der Waals surface area contributed by atoms with E-state index in [1.165, 1.54) is 12.1 Å². The van der Waals surface area contributed by atoms with Gasteiger partial charge in [-0.1, -0.05) is 17.8 Å². The number of benzene rings is 2. The lowest BCUT2D eigenvalue weighted by Gasteiger charge is -2.10. The summed E-state index contributed by atoms with van der Waals surface area (Å²) in [6.45, 7) is 2.12. The number of rotatable bonds is 8. The van der Waals surface area contributed by atoms with Gasteiger partial charge < -0.3 is 15.2 Å². The Morgan fingerprint density at radius 3 is 2.47 bits per heavy atom. The molecule has 0 aliphatic carbocycles. The SMILES string of the molecule is CCn1c(CC(=O)Nc2cccc(C(F)(F)F)c2)nnc1SCC(=O)Nc1ccc(F)cc1F. The lowest BCUT2D eigenvalue weighted by molar-refractivity contribution is -0.137. The summed E-state index contributed by atoms with van der Waals surface area (Å²) in [7, 11) is 0. The predicted octanol–water partition coefficient (Wildman–Crippen LogP) is 4.51. The number of carbonyl (C=O) groups excluding carboxylic acids is 2. The monoisotopic (exact) mass is 499 g/mol. The minimum atomic E-state index is -4.54. The van der Waals surface area contributed by atoms with E-state index in [0.717, 1.165) is 36.0 Å². The molecule has 2 amide bonds. The molecule has 2 aromatic carbocycles. The van der Waals surface area contributed by atoms with Gasteiger partial charge in [0.05, 0.1) is 23.4 Å². The Morgan fingerprint density at radius 1 is 1.03 bits per heavy atom. The van der Waals surface area contributed by atoms with Gasteiger partial charge in [-0.2, -0.15) is 13.2 Å². The molecule has 180 valence electrons. The van der Waals surface area contributed by atoms with Crippen molar-refractivity contribution in [1.29, 1.82) is 0 Å². The number of aromatic nitrogens is 3. The minimum Gasteiger partial charge on any atom is -0.326 e. The standard InChI is InChI=1S/C21H18F5N5O2S/c1-2-31-17(10-18(32)27-14-5-3-4-12(8-14)21(24,25)26)29-30-20(31)34-11-19(33)28-16-7-6-13(22)9-15(16)23/h3-9H,2,10-11H2,1H3,(H,27,32)(H,28,33). The van der Waals surface area contributed by atoms with Crippen molar-refractivity contribution in [2.45, 2.75) is 31.2 Å². The minimum absolute atomic E-state index is 0.0123. The van der Waals surface area contributed by atoms with Crippen molar-refractivity contribution >= 4 is 35.0 Å². The van der Waals surface area contributed by atoms with Gasteiger partial charge >= 0.3 is 6.18 Å². The summed E-state index contributed by atoms with van der Waals surface area (Å²) in [6, 6.07) is 7.00. The molecule has 34 heavy (non-hydrogen) atoms. The lowest BCUT2D eigenvalue weighted by atomic mass is 10.2. The Hall–Kier alpha value is -3.48. The largest absolute Gasteiger partial charge is 0.416 e. The quantitative estimate of drug-likeness (QED) is 0.352. The molecule has 1 aromatic heterocycles. The molecule has 0 saturated carbocycles. The smallest absolute Gasteiger partial charge is 0.326 e. The number of hydrogen-bond donors (Lipinski definition) is 2. The molecule has 2 N–H and O–H groups in total. The van der Waals surface area contributed by atoms with Crippen molar-refractivity contribution < 1.29 is 31.5 Å². The molecule has 0 unspecified atom stereocenters. The first-order valence-corrected chi connectivity index (χ1v) is 10.8. The van der Waals surface area contributed by atoms with E-state index in [9.17, 15) is 31.5 Å². The van der Waals surface area contributed by atoms with E-state index >= 15 is 0 Å². The van der Waals surface area contributed by atoms with E-state index in [1.807, 2.05) is 0 Å². The molecular formula is C21H18F5N5O2S. The van der Waals surface area contributed by atoms with Gasteiger partial charge in [-0.05, 0) is 37.3 Å². The van der Waals surface area contributed by atoms with Gasteiger partial charge in [-0.25, -0.2) is 8.78 Å². The fourth-order valence-corrected chi connectivity index (χ4v) is 3.72. The van der Waals surface area contributed by atoms with E-state index in [-0.39, 0.29) is 29.4 Å². The highest BCUT2D eigenvalue weighted by molar-refractivity contribution is 7.99. The number of nitrogens with one attached hydrogen (secondary N) is 2. The molecule has 0 spiro atoms. The number of alkyl halides is 3. The Labute approximate surface area is 194 Å².